The quantitative estimate of drug-likeness (QED) is 0.816. The molecule has 0 fully saturated rings. The predicted molar refractivity (Wildman–Crippen MR) is 83.7 cm³/mol. The smallest absolute Gasteiger partial charge is 0.131 e. The van der Waals surface area contributed by atoms with Crippen LogP contribution in [-0.2, 0) is 6.54 Å². The standard InChI is InChI=1S/C16H21FN4/c1-12(2)7-8-18-15-9-16(21-11-20-15)19-10-13-5-3-4-6-14(13)17/h3-6,9,11-12H,7-8,10H2,1-2H3,(H2,18,19,20,21). The Bertz CT molecular complexity index is 572. The minimum absolute atomic E-state index is 0.214. The molecule has 1 aromatic heterocycles. The number of aromatic nitrogens is 2. The summed E-state index contributed by atoms with van der Waals surface area (Å²) in [4.78, 5) is 8.32. The molecule has 0 aliphatic rings. The molecule has 2 rings (SSSR count). The highest BCUT2D eigenvalue weighted by Gasteiger charge is 2.02. The van der Waals surface area contributed by atoms with Crippen LogP contribution < -0.4 is 10.6 Å². The van der Waals surface area contributed by atoms with E-state index in [1.54, 1.807) is 12.1 Å². The van der Waals surface area contributed by atoms with Gasteiger partial charge in [0.05, 0.1) is 0 Å². The topological polar surface area (TPSA) is 49.8 Å². The minimum Gasteiger partial charge on any atom is -0.370 e. The van der Waals surface area contributed by atoms with Crippen molar-refractivity contribution in [3.8, 4) is 0 Å². The summed E-state index contributed by atoms with van der Waals surface area (Å²) in [6.45, 7) is 5.64. The van der Waals surface area contributed by atoms with Crippen molar-refractivity contribution >= 4 is 11.6 Å². The molecule has 112 valence electrons. The van der Waals surface area contributed by atoms with Crippen molar-refractivity contribution in [3.05, 3.63) is 48.0 Å². The summed E-state index contributed by atoms with van der Waals surface area (Å²) in [5.74, 6) is 1.90. The maximum Gasteiger partial charge on any atom is 0.131 e. The van der Waals surface area contributed by atoms with E-state index in [4.69, 9.17) is 0 Å². The third-order valence-electron chi connectivity index (χ3n) is 3.11. The molecule has 0 amide bonds. The Morgan fingerprint density at radius 2 is 1.81 bits per heavy atom. The summed E-state index contributed by atoms with van der Waals surface area (Å²) in [5, 5.41) is 6.37. The fraction of sp³-hybridized carbons (Fsp3) is 0.375. The lowest BCUT2D eigenvalue weighted by molar-refractivity contribution is 0.606. The number of hydrogen-bond donors (Lipinski definition) is 2. The van der Waals surface area contributed by atoms with E-state index in [0.29, 0.717) is 23.8 Å². The average Bonchev–Trinajstić information content (AvgIpc) is 2.46. The number of nitrogens with one attached hydrogen (secondary N) is 2. The first-order valence-electron chi connectivity index (χ1n) is 7.18. The fourth-order valence-corrected chi connectivity index (χ4v) is 1.87. The fourth-order valence-electron chi connectivity index (χ4n) is 1.87. The van der Waals surface area contributed by atoms with Crippen molar-refractivity contribution in [2.24, 2.45) is 5.92 Å². The summed E-state index contributed by atoms with van der Waals surface area (Å²) >= 11 is 0. The maximum absolute atomic E-state index is 13.5. The van der Waals surface area contributed by atoms with Gasteiger partial charge in [-0.25, -0.2) is 14.4 Å². The SMILES string of the molecule is CC(C)CCNc1cc(NCc2ccccc2F)ncn1. The van der Waals surface area contributed by atoms with Crippen LogP contribution in [0.15, 0.2) is 36.7 Å². The van der Waals surface area contributed by atoms with Gasteiger partial charge in [-0.3, -0.25) is 0 Å². The van der Waals surface area contributed by atoms with Crippen LogP contribution in [0.1, 0.15) is 25.8 Å². The maximum atomic E-state index is 13.5. The van der Waals surface area contributed by atoms with Crippen LogP contribution in [0.2, 0.25) is 0 Å². The third-order valence-corrected chi connectivity index (χ3v) is 3.11. The molecule has 5 heteroatoms. The van der Waals surface area contributed by atoms with Crippen LogP contribution in [0, 0.1) is 11.7 Å². The first-order valence-corrected chi connectivity index (χ1v) is 7.18. The highest BCUT2D eigenvalue weighted by Crippen LogP contribution is 2.12. The number of anilines is 2. The molecule has 0 bridgehead atoms. The number of nitrogens with zero attached hydrogens (tertiary/aromatic N) is 2. The molecule has 1 heterocycles. The van der Waals surface area contributed by atoms with Gasteiger partial charge in [-0.05, 0) is 18.4 Å². The van der Waals surface area contributed by atoms with E-state index >= 15 is 0 Å². The Kier molecular flexibility index (Phi) is 5.49. The van der Waals surface area contributed by atoms with E-state index in [1.807, 2.05) is 12.1 Å². The Labute approximate surface area is 124 Å². The molecular weight excluding hydrogens is 267 g/mol. The van der Waals surface area contributed by atoms with E-state index in [9.17, 15) is 4.39 Å². The molecule has 0 spiro atoms. The van der Waals surface area contributed by atoms with Crippen LogP contribution in [0.5, 0.6) is 0 Å². The van der Waals surface area contributed by atoms with Gasteiger partial charge in [-0.1, -0.05) is 32.0 Å². The average molecular weight is 288 g/mol. The van der Waals surface area contributed by atoms with Crippen molar-refractivity contribution in [2.45, 2.75) is 26.8 Å². The molecule has 0 radical (unpaired) electrons. The Balaban J connectivity index is 1.90. The highest BCUT2D eigenvalue weighted by atomic mass is 19.1. The van der Waals surface area contributed by atoms with E-state index in [0.717, 1.165) is 18.8 Å². The van der Waals surface area contributed by atoms with Crippen LogP contribution >= 0.6 is 0 Å². The second kappa shape index (κ2) is 7.57. The van der Waals surface area contributed by atoms with E-state index in [-0.39, 0.29) is 5.82 Å². The van der Waals surface area contributed by atoms with E-state index in [1.165, 1.54) is 12.4 Å². The largest absolute Gasteiger partial charge is 0.370 e. The van der Waals surface area contributed by atoms with Crippen LogP contribution in [0.25, 0.3) is 0 Å². The van der Waals surface area contributed by atoms with Gasteiger partial charge in [0.1, 0.15) is 23.8 Å². The highest BCUT2D eigenvalue weighted by molar-refractivity contribution is 5.46. The van der Waals surface area contributed by atoms with Crippen molar-refractivity contribution in [3.63, 3.8) is 0 Å². The first kappa shape index (κ1) is 15.2. The summed E-state index contributed by atoms with van der Waals surface area (Å²) < 4.78 is 13.5. The van der Waals surface area contributed by atoms with Gasteiger partial charge in [0.2, 0.25) is 0 Å². The molecule has 21 heavy (non-hydrogen) atoms. The Hall–Kier alpha value is -2.17. The number of benzene rings is 1. The van der Waals surface area contributed by atoms with Crippen LogP contribution in [-0.4, -0.2) is 16.5 Å². The van der Waals surface area contributed by atoms with Gasteiger partial charge in [0.15, 0.2) is 0 Å². The lowest BCUT2D eigenvalue weighted by atomic mass is 10.1. The number of rotatable bonds is 7. The van der Waals surface area contributed by atoms with Gasteiger partial charge in [0, 0.05) is 24.7 Å². The van der Waals surface area contributed by atoms with Crippen LogP contribution in [0.3, 0.4) is 0 Å². The van der Waals surface area contributed by atoms with Gasteiger partial charge >= 0.3 is 0 Å². The molecule has 2 aromatic rings. The Morgan fingerprint density at radius 1 is 1.10 bits per heavy atom. The number of halogens is 1. The molecule has 0 aliphatic heterocycles. The van der Waals surface area contributed by atoms with Crippen LogP contribution in [0.4, 0.5) is 16.0 Å². The summed E-state index contributed by atoms with van der Waals surface area (Å²) in [5.41, 5.74) is 0.616. The van der Waals surface area contributed by atoms with Crippen molar-refractivity contribution in [2.75, 3.05) is 17.2 Å². The monoisotopic (exact) mass is 288 g/mol. The zero-order chi connectivity index (χ0) is 15.1. The second-order valence-electron chi connectivity index (χ2n) is 5.34. The molecule has 0 saturated carbocycles. The molecule has 4 nitrogen and oxygen atoms in total. The van der Waals surface area contributed by atoms with E-state index < -0.39 is 0 Å². The minimum atomic E-state index is -0.214. The lowest BCUT2D eigenvalue weighted by Gasteiger charge is -2.10. The lowest BCUT2D eigenvalue weighted by Crippen LogP contribution is -2.08. The van der Waals surface area contributed by atoms with Gasteiger partial charge in [-0.2, -0.15) is 0 Å². The normalized spacial score (nSPS) is 10.7. The van der Waals surface area contributed by atoms with Gasteiger partial charge in [-0.15, -0.1) is 0 Å². The molecule has 1 aromatic carbocycles. The predicted octanol–water partition coefficient (Wildman–Crippen LogP) is 3.69. The summed E-state index contributed by atoms with van der Waals surface area (Å²) in [6.07, 6.45) is 2.59. The van der Waals surface area contributed by atoms with Gasteiger partial charge < -0.3 is 10.6 Å². The van der Waals surface area contributed by atoms with Gasteiger partial charge in [0.25, 0.3) is 0 Å². The zero-order valence-corrected chi connectivity index (χ0v) is 12.4. The van der Waals surface area contributed by atoms with E-state index in [2.05, 4.69) is 34.4 Å². The van der Waals surface area contributed by atoms with Crippen molar-refractivity contribution < 1.29 is 4.39 Å². The number of hydrogen-bond acceptors (Lipinski definition) is 4. The zero-order valence-electron chi connectivity index (χ0n) is 12.4. The molecule has 0 atom stereocenters. The molecule has 0 unspecified atom stereocenters. The molecule has 0 aliphatic carbocycles. The first-order chi connectivity index (χ1) is 10.1. The molecule has 2 N–H and O–H groups in total. The second-order valence-corrected chi connectivity index (χ2v) is 5.34. The summed E-state index contributed by atoms with van der Waals surface area (Å²) in [6, 6.07) is 8.54. The summed E-state index contributed by atoms with van der Waals surface area (Å²) in [7, 11) is 0. The Morgan fingerprint density at radius 3 is 2.52 bits per heavy atom. The molecule has 0 saturated heterocycles. The third kappa shape index (κ3) is 5.02. The van der Waals surface area contributed by atoms with Crippen molar-refractivity contribution in [1.29, 1.82) is 0 Å². The molecular formula is C16H21FN4. The van der Waals surface area contributed by atoms with Crippen molar-refractivity contribution in [1.82, 2.24) is 9.97 Å².